The summed E-state index contributed by atoms with van der Waals surface area (Å²) in [4.78, 5) is 4.00. The Morgan fingerprint density at radius 3 is 2.82 bits per heavy atom. The molecular formula is C10H20N4O2S. The molecule has 7 heteroatoms. The van der Waals surface area contributed by atoms with Crippen molar-refractivity contribution in [1.29, 1.82) is 0 Å². The molecule has 1 heterocycles. The second kappa shape index (κ2) is 6.11. The molecule has 17 heavy (non-hydrogen) atoms. The number of hydrogen-bond donors (Lipinski definition) is 1. The van der Waals surface area contributed by atoms with Crippen molar-refractivity contribution >= 4 is 9.84 Å². The summed E-state index contributed by atoms with van der Waals surface area (Å²) in [6.45, 7) is 4.76. The van der Waals surface area contributed by atoms with Crippen molar-refractivity contribution < 1.29 is 8.42 Å². The lowest BCUT2D eigenvalue weighted by atomic mass is 10.3. The molecule has 1 unspecified atom stereocenters. The molecule has 0 fully saturated rings. The molecule has 6 nitrogen and oxygen atoms in total. The molecular weight excluding hydrogens is 240 g/mol. The first-order valence-electron chi connectivity index (χ1n) is 5.79. The summed E-state index contributed by atoms with van der Waals surface area (Å²) in [7, 11) is -3.19. The number of sulfone groups is 1. The normalized spacial score (nSPS) is 13.8. The van der Waals surface area contributed by atoms with E-state index in [0.29, 0.717) is 25.3 Å². The lowest BCUT2D eigenvalue weighted by molar-refractivity contribution is 0.557. The highest BCUT2D eigenvalue weighted by Crippen LogP contribution is 2.11. The Morgan fingerprint density at radius 1 is 1.53 bits per heavy atom. The van der Waals surface area contributed by atoms with E-state index >= 15 is 0 Å². The van der Waals surface area contributed by atoms with Gasteiger partial charge in [-0.25, -0.2) is 18.1 Å². The number of aromatic nitrogens is 3. The third-order valence-electron chi connectivity index (χ3n) is 2.65. The molecule has 0 saturated heterocycles. The molecule has 0 aromatic carbocycles. The first kappa shape index (κ1) is 14.1. The first-order valence-corrected chi connectivity index (χ1v) is 7.51. The van der Waals surface area contributed by atoms with Gasteiger partial charge < -0.3 is 5.73 Å². The van der Waals surface area contributed by atoms with Crippen LogP contribution in [0.2, 0.25) is 0 Å². The van der Waals surface area contributed by atoms with Crippen molar-refractivity contribution in [3.63, 3.8) is 0 Å². The smallest absolute Gasteiger partial charge is 0.160 e. The number of rotatable bonds is 7. The Balaban J connectivity index is 2.79. The van der Waals surface area contributed by atoms with Gasteiger partial charge in [0.2, 0.25) is 0 Å². The van der Waals surface area contributed by atoms with Gasteiger partial charge in [-0.1, -0.05) is 6.92 Å². The fourth-order valence-electron chi connectivity index (χ4n) is 1.53. The molecule has 0 amide bonds. The highest BCUT2D eigenvalue weighted by molar-refractivity contribution is 7.91. The zero-order chi connectivity index (χ0) is 12.9. The average molecular weight is 260 g/mol. The zero-order valence-corrected chi connectivity index (χ0v) is 11.2. The summed E-state index contributed by atoms with van der Waals surface area (Å²) in [6, 6.07) is 0. The predicted octanol–water partition coefficient (Wildman–Crippen LogP) is 0.340. The second-order valence-corrected chi connectivity index (χ2v) is 6.51. The molecule has 1 rings (SSSR count). The van der Waals surface area contributed by atoms with Crippen molar-refractivity contribution in [3.05, 3.63) is 12.2 Å². The topological polar surface area (TPSA) is 90.9 Å². The van der Waals surface area contributed by atoms with Crippen molar-refractivity contribution in [3.8, 4) is 0 Å². The van der Waals surface area contributed by atoms with Gasteiger partial charge in [0.25, 0.3) is 0 Å². The van der Waals surface area contributed by atoms with Crippen LogP contribution in [0, 0.1) is 0 Å². The van der Waals surface area contributed by atoms with Gasteiger partial charge >= 0.3 is 0 Å². The fraction of sp³-hybridized carbons (Fsp3) is 0.800. The monoisotopic (exact) mass is 260 g/mol. The SMILES string of the molecule is CCCn1ncnc1CS(=O)(=O)C(C)CCN. The maximum Gasteiger partial charge on any atom is 0.160 e. The number of nitrogens with zero attached hydrogens (tertiary/aromatic N) is 3. The molecule has 98 valence electrons. The Labute approximate surface area is 102 Å². The van der Waals surface area contributed by atoms with E-state index in [1.165, 1.54) is 6.33 Å². The summed E-state index contributed by atoms with van der Waals surface area (Å²) >= 11 is 0. The Morgan fingerprint density at radius 2 is 2.24 bits per heavy atom. The molecule has 1 aromatic heterocycles. The maximum atomic E-state index is 12.0. The molecule has 2 N–H and O–H groups in total. The number of hydrogen-bond acceptors (Lipinski definition) is 5. The zero-order valence-electron chi connectivity index (χ0n) is 10.3. The molecule has 0 bridgehead atoms. The van der Waals surface area contributed by atoms with E-state index in [4.69, 9.17) is 5.73 Å². The molecule has 0 spiro atoms. The molecule has 0 aliphatic carbocycles. The van der Waals surface area contributed by atoms with Crippen molar-refractivity contribution in [2.75, 3.05) is 6.54 Å². The van der Waals surface area contributed by atoms with Crippen molar-refractivity contribution in [1.82, 2.24) is 14.8 Å². The molecule has 0 radical (unpaired) electrons. The van der Waals surface area contributed by atoms with Crippen molar-refractivity contribution in [2.24, 2.45) is 5.73 Å². The van der Waals surface area contributed by atoms with E-state index in [0.717, 1.165) is 6.42 Å². The van der Waals surface area contributed by atoms with E-state index in [-0.39, 0.29) is 5.75 Å². The Kier molecular flexibility index (Phi) is 5.07. The van der Waals surface area contributed by atoms with E-state index in [1.807, 2.05) is 6.92 Å². The summed E-state index contributed by atoms with van der Waals surface area (Å²) in [5, 5.41) is 3.58. The summed E-state index contributed by atoms with van der Waals surface area (Å²) in [5.74, 6) is 0.449. The largest absolute Gasteiger partial charge is 0.330 e. The van der Waals surface area contributed by atoms with Crippen LogP contribution in [0.1, 0.15) is 32.5 Å². The molecule has 0 aliphatic rings. The van der Waals surface area contributed by atoms with Gasteiger partial charge in [0.1, 0.15) is 17.9 Å². The second-order valence-electron chi connectivity index (χ2n) is 4.09. The van der Waals surface area contributed by atoms with Gasteiger partial charge in [0.05, 0.1) is 5.25 Å². The van der Waals surface area contributed by atoms with Gasteiger partial charge in [0, 0.05) is 6.54 Å². The fourth-order valence-corrected chi connectivity index (χ4v) is 2.90. The van der Waals surface area contributed by atoms with E-state index in [9.17, 15) is 8.42 Å². The minimum atomic E-state index is -3.19. The van der Waals surface area contributed by atoms with Crippen LogP contribution in [0.25, 0.3) is 0 Å². The average Bonchev–Trinajstić information content (AvgIpc) is 2.66. The van der Waals surface area contributed by atoms with Gasteiger partial charge in [-0.2, -0.15) is 5.10 Å². The van der Waals surface area contributed by atoms with Gasteiger partial charge in [-0.15, -0.1) is 0 Å². The van der Waals surface area contributed by atoms with E-state index in [1.54, 1.807) is 11.6 Å². The Bertz CT molecular complexity index is 441. The Hall–Kier alpha value is -0.950. The summed E-state index contributed by atoms with van der Waals surface area (Å²) in [6.07, 6.45) is 2.77. The lowest BCUT2D eigenvalue weighted by Crippen LogP contribution is -2.24. The summed E-state index contributed by atoms with van der Waals surface area (Å²) < 4.78 is 25.7. The quantitative estimate of drug-likeness (QED) is 0.763. The lowest BCUT2D eigenvalue weighted by Gasteiger charge is -2.11. The molecule has 1 atom stereocenters. The van der Waals surface area contributed by atoms with Gasteiger partial charge in [-0.05, 0) is 26.3 Å². The van der Waals surface area contributed by atoms with Crippen LogP contribution in [0.4, 0.5) is 0 Å². The van der Waals surface area contributed by atoms with Crippen LogP contribution in [0.15, 0.2) is 6.33 Å². The van der Waals surface area contributed by atoms with Crippen LogP contribution in [0.3, 0.4) is 0 Å². The highest BCUT2D eigenvalue weighted by atomic mass is 32.2. The minimum Gasteiger partial charge on any atom is -0.330 e. The van der Waals surface area contributed by atoms with Crippen LogP contribution < -0.4 is 5.73 Å². The summed E-state index contributed by atoms with van der Waals surface area (Å²) in [5.41, 5.74) is 5.38. The van der Waals surface area contributed by atoms with Crippen molar-refractivity contribution in [2.45, 2.75) is 44.2 Å². The predicted molar refractivity (Wildman–Crippen MR) is 66.1 cm³/mol. The minimum absolute atomic E-state index is 0.0613. The number of aryl methyl sites for hydroxylation is 1. The van der Waals surface area contributed by atoms with Crippen LogP contribution in [0.5, 0.6) is 0 Å². The van der Waals surface area contributed by atoms with Crippen LogP contribution in [-0.4, -0.2) is 35.0 Å². The maximum absolute atomic E-state index is 12.0. The van der Waals surface area contributed by atoms with E-state index < -0.39 is 15.1 Å². The van der Waals surface area contributed by atoms with Gasteiger partial charge in [0.15, 0.2) is 9.84 Å². The molecule has 1 aromatic rings. The van der Waals surface area contributed by atoms with Crippen LogP contribution >= 0.6 is 0 Å². The molecule has 0 aliphatic heterocycles. The van der Waals surface area contributed by atoms with Crippen LogP contribution in [-0.2, 0) is 22.1 Å². The third-order valence-corrected chi connectivity index (χ3v) is 4.77. The standard InChI is InChI=1S/C10H20N4O2S/c1-3-6-14-10(12-8-13-14)7-17(15,16)9(2)4-5-11/h8-9H,3-7,11H2,1-2H3. The third kappa shape index (κ3) is 3.78. The highest BCUT2D eigenvalue weighted by Gasteiger charge is 2.23. The first-order chi connectivity index (χ1) is 8.01. The van der Waals surface area contributed by atoms with Gasteiger partial charge in [-0.3, -0.25) is 0 Å². The molecule has 0 saturated carbocycles. The number of nitrogens with two attached hydrogens (primary N) is 1. The van der Waals surface area contributed by atoms with E-state index in [2.05, 4.69) is 10.1 Å².